The molecule has 2 N–H and O–H groups in total. The summed E-state index contributed by atoms with van der Waals surface area (Å²) in [6, 6.07) is 4.19. The fourth-order valence-electron chi connectivity index (χ4n) is 5.60. The highest BCUT2D eigenvalue weighted by Gasteiger charge is 2.54. The summed E-state index contributed by atoms with van der Waals surface area (Å²) < 4.78 is 22.5. The van der Waals surface area contributed by atoms with Crippen LogP contribution in [0.25, 0.3) is 22.3 Å². The van der Waals surface area contributed by atoms with Crippen LogP contribution in [0, 0.1) is 6.92 Å². The van der Waals surface area contributed by atoms with Gasteiger partial charge in [-0.15, -0.1) is 0 Å². The first-order valence-electron chi connectivity index (χ1n) is 13.5. The Morgan fingerprint density at radius 3 is 2.67 bits per heavy atom. The summed E-state index contributed by atoms with van der Waals surface area (Å²) in [5, 5.41) is 19.9. The average molecular weight is 534 g/mol. The van der Waals surface area contributed by atoms with E-state index in [0.717, 1.165) is 41.9 Å². The van der Waals surface area contributed by atoms with Crippen molar-refractivity contribution in [3.8, 4) is 11.4 Å². The van der Waals surface area contributed by atoms with Gasteiger partial charge in [-0.25, -0.2) is 4.39 Å². The van der Waals surface area contributed by atoms with Crippen molar-refractivity contribution in [1.82, 2.24) is 35.0 Å². The molecule has 4 aromatic heterocycles. The third-order valence-electron chi connectivity index (χ3n) is 8.62. The van der Waals surface area contributed by atoms with Gasteiger partial charge in [0.1, 0.15) is 16.8 Å². The van der Waals surface area contributed by atoms with Gasteiger partial charge in [0, 0.05) is 31.4 Å². The normalized spacial score (nSPS) is 19.8. The first kappa shape index (κ1) is 24.3. The Hall–Kier alpha value is -3.80. The maximum Gasteiger partial charge on any atom is 0.238 e. The summed E-state index contributed by atoms with van der Waals surface area (Å²) in [6.45, 7) is 3.78. The zero-order valence-corrected chi connectivity index (χ0v) is 22.4. The Balaban J connectivity index is 1.20. The summed E-state index contributed by atoms with van der Waals surface area (Å²) in [6.07, 6.45) is 6.78. The highest BCUT2D eigenvalue weighted by molar-refractivity contribution is 6.03. The molecule has 5 heterocycles. The molecule has 39 heavy (non-hydrogen) atoms. The number of aromatic nitrogens is 6. The molecule has 3 aliphatic rings. The van der Waals surface area contributed by atoms with Crippen molar-refractivity contribution in [1.29, 1.82) is 0 Å². The predicted molar refractivity (Wildman–Crippen MR) is 143 cm³/mol. The van der Waals surface area contributed by atoms with Crippen molar-refractivity contribution < 1.29 is 13.7 Å². The molecular weight excluding hydrogens is 501 g/mol. The zero-order chi connectivity index (χ0) is 26.9. The van der Waals surface area contributed by atoms with Gasteiger partial charge in [0.2, 0.25) is 5.91 Å². The molecular formula is C27H32FN9O2. The Morgan fingerprint density at radius 2 is 2.03 bits per heavy atom. The van der Waals surface area contributed by atoms with Crippen LogP contribution in [0.15, 0.2) is 29.0 Å². The molecule has 7 rings (SSSR count). The molecule has 4 aromatic rings. The number of amides is 1. The van der Waals surface area contributed by atoms with Gasteiger partial charge in [-0.05, 0) is 59.2 Å². The highest BCUT2D eigenvalue weighted by atomic mass is 19.1. The number of carbonyl (C=O) groups excluding carboxylic acids is 1. The van der Waals surface area contributed by atoms with E-state index in [2.05, 4.69) is 44.6 Å². The smallest absolute Gasteiger partial charge is 0.238 e. The second-order valence-corrected chi connectivity index (χ2v) is 11.6. The number of nitrogens with zero attached hydrogens (tertiary/aromatic N) is 7. The molecule has 0 unspecified atom stereocenters. The van der Waals surface area contributed by atoms with Crippen LogP contribution in [0.5, 0.6) is 0 Å². The van der Waals surface area contributed by atoms with E-state index < -0.39 is 11.1 Å². The number of rotatable bonds is 8. The predicted octanol–water partition coefficient (Wildman–Crippen LogP) is 3.43. The van der Waals surface area contributed by atoms with Crippen molar-refractivity contribution in [2.45, 2.75) is 62.7 Å². The minimum atomic E-state index is -1.23. The molecule has 1 aliphatic heterocycles. The van der Waals surface area contributed by atoms with E-state index in [1.54, 1.807) is 17.1 Å². The van der Waals surface area contributed by atoms with Gasteiger partial charge in [0.05, 0.1) is 40.7 Å². The van der Waals surface area contributed by atoms with Crippen molar-refractivity contribution in [2.24, 2.45) is 0 Å². The lowest BCUT2D eigenvalue weighted by molar-refractivity contribution is -0.119. The van der Waals surface area contributed by atoms with Gasteiger partial charge >= 0.3 is 0 Å². The second-order valence-electron chi connectivity index (χ2n) is 11.6. The van der Waals surface area contributed by atoms with Crippen LogP contribution in [0.4, 0.5) is 15.9 Å². The molecule has 1 amide bonds. The third kappa shape index (κ3) is 4.00. The molecule has 11 nitrogen and oxygen atoms in total. The van der Waals surface area contributed by atoms with Gasteiger partial charge in [-0.2, -0.15) is 10.2 Å². The average Bonchev–Trinajstić information content (AvgIpc) is 3.15. The Bertz CT molecular complexity index is 1560. The summed E-state index contributed by atoms with van der Waals surface area (Å²) >= 11 is 0. The number of hydrogen-bond donors (Lipinski definition) is 2. The number of hydrogen-bond acceptors (Lipinski definition) is 8. The first-order valence-corrected chi connectivity index (χ1v) is 13.5. The minimum absolute atomic E-state index is 0.160. The van der Waals surface area contributed by atoms with Crippen molar-refractivity contribution in [3.05, 3.63) is 36.0 Å². The van der Waals surface area contributed by atoms with E-state index in [-0.39, 0.29) is 12.5 Å². The number of halogens is 1. The number of aryl methyl sites for hydroxylation is 1. The van der Waals surface area contributed by atoms with E-state index in [1.165, 1.54) is 0 Å². The number of carbonyl (C=O) groups is 1. The standard InChI is InChI=1S/C27H32FN9O2/c1-16-9-22(39-34-16)27(7-8-27)25(38)31-20-12-30-32-23(20)19-10-21-18(11-29-19)24(36-13-17(14-36)35(2)3)33-37(21)15-26(28)5-4-6-26/h9-12,17H,4-8,13-15H2,1-3H3,(H,30,32)(H,31,38). The highest BCUT2D eigenvalue weighted by Crippen LogP contribution is 2.49. The van der Waals surface area contributed by atoms with Crippen molar-refractivity contribution in [2.75, 3.05) is 37.4 Å². The molecule has 0 atom stereocenters. The second kappa shape index (κ2) is 8.60. The van der Waals surface area contributed by atoms with E-state index in [4.69, 9.17) is 14.6 Å². The summed E-state index contributed by atoms with van der Waals surface area (Å²) in [5.74, 6) is 1.26. The van der Waals surface area contributed by atoms with Crippen LogP contribution < -0.4 is 10.2 Å². The van der Waals surface area contributed by atoms with E-state index in [0.29, 0.717) is 54.6 Å². The monoisotopic (exact) mass is 533 g/mol. The van der Waals surface area contributed by atoms with Crippen LogP contribution in [0.1, 0.15) is 43.6 Å². The largest absolute Gasteiger partial charge is 0.360 e. The summed E-state index contributed by atoms with van der Waals surface area (Å²) in [7, 11) is 4.16. The van der Waals surface area contributed by atoms with E-state index >= 15 is 4.39 Å². The third-order valence-corrected chi connectivity index (χ3v) is 8.62. The SMILES string of the molecule is Cc1cc(C2(C(=O)Nc3cn[nH]c3-c3cc4c(cn3)c(N3CC(N(C)C)C3)nn4CC3(F)CCC3)CC2)on1. The van der Waals surface area contributed by atoms with Crippen LogP contribution >= 0.6 is 0 Å². The van der Waals surface area contributed by atoms with Gasteiger partial charge in [0.15, 0.2) is 11.6 Å². The molecule has 0 spiro atoms. The summed E-state index contributed by atoms with van der Waals surface area (Å²) in [5.41, 5.74) is 1.33. The zero-order valence-electron chi connectivity index (χ0n) is 22.4. The Kier molecular flexibility index (Phi) is 5.35. The van der Waals surface area contributed by atoms with Crippen molar-refractivity contribution >= 4 is 28.3 Å². The molecule has 2 saturated carbocycles. The maximum atomic E-state index is 15.3. The van der Waals surface area contributed by atoms with E-state index in [9.17, 15) is 4.79 Å². The Labute approximate surface area is 224 Å². The molecule has 204 valence electrons. The fraction of sp³-hybridized carbons (Fsp3) is 0.519. The fourth-order valence-corrected chi connectivity index (χ4v) is 5.60. The summed E-state index contributed by atoms with van der Waals surface area (Å²) in [4.78, 5) is 22.5. The van der Waals surface area contributed by atoms with Gasteiger partial charge in [-0.1, -0.05) is 5.16 Å². The van der Waals surface area contributed by atoms with Gasteiger partial charge in [-0.3, -0.25) is 19.6 Å². The minimum Gasteiger partial charge on any atom is -0.360 e. The number of anilines is 2. The lowest BCUT2D eigenvalue weighted by Gasteiger charge is -2.43. The number of fused-ring (bicyclic) bond motifs is 1. The van der Waals surface area contributed by atoms with Crippen LogP contribution in [-0.4, -0.2) is 79.8 Å². The molecule has 12 heteroatoms. The Morgan fingerprint density at radius 1 is 1.23 bits per heavy atom. The number of likely N-dealkylation sites (N-methyl/N-ethyl adjacent to an activating group) is 1. The number of nitrogens with one attached hydrogen (secondary N) is 2. The molecule has 0 aromatic carbocycles. The molecule has 3 fully saturated rings. The molecule has 0 radical (unpaired) electrons. The lowest BCUT2D eigenvalue weighted by Crippen LogP contribution is -2.57. The molecule has 0 bridgehead atoms. The number of H-pyrrole nitrogens is 1. The quantitative estimate of drug-likeness (QED) is 0.353. The molecule has 2 aliphatic carbocycles. The van der Waals surface area contributed by atoms with Crippen LogP contribution in [0.2, 0.25) is 0 Å². The number of pyridine rings is 1. The van der Waals surface area contributed by atoms with E-state index in [1.807, 2.05) is 19.1 Å². The van der Waals surface area contributed by atoms with Gasteiger partial charge < -0.3 is 19.6 Å². The molecule has 1 saturated heterocycles. The number of alkyl halides is 1. The first-order chi connectivity index (χ1) is 18.7. The topological polar surface area (TPSA) is 121 Å². The van der Waals surface area contributed by atoms with Crippen LogP contribution in [0.3, 0.4) is 0 Å². The lowest BCUT2D eigenvalue weighted by atomic mass is 9.82. The van der Waals surface area contributed by atoms with Crippen LogP contribution in [-0.2, 0) is 16.8 Å². The maximum absolute atomic E-state index is 15.3. The number of aromatic amines is 1. The van der Waals surface area contributed by atoms with Crippen molar-refractivity contribution in [3.63, 3.8) is 0 Å². The van der Waals surface area contributed by atoms with Gasteiger partial charge in [0.25, 0.3) is 0 Å².